The second kappa shape index (κ2) is 7.07. The first-order valence-corrected chi connectivity index (χ1v) is 11.0. The molecule has 0 bridgehead atoms. The Bertz CT molecular complexity index is 1450. The third-order valence-electron chi connectivity index (χ3n) is 6.59. The van der Waals surface area contributed by atoms with Crippen LogP contribution in [0.25, 0.3) is 22.6 Å². The smallest absolute Gasteiger partial charge is 0.373 e. The SMILES string of the molecule is CNc1nc(-c2nn(CCC(F)(F)C(F)(F)F)c3ncccc23)nc2c1C1(C(=O)N2)C(=O)N1C1CC1. The van der Waals surface area contributed by atoms with Gasteiger partial charge in [0.05, 0.1) is 10.9 Å². The molecule has 36 heavy (non-hydrogen) atoms. The number of hydrogen-bond donors (Lipinski definition) is 2. The zero-order valence-corrected chi connectivity index (χ0v) is 18.5. The summed E-state index contributed by atoms with van der Waals surface area (Å²) in [4.78, 5) is 40.1. The van der Waals surface area contributed by atoms with Crippen molar-refractivity contribution in [3.8, 4) is 11.5 Å². The molecule has 0 aromatic carbocycles. The van der Waals surface area contributed by atoms with Crippen molar-refractivity contribution >= 4 is 34.5 Å². The van der Waals surface area contributed by atoms with E-state index in [0.717, 1.165) is 17.5 Å². The number of fused-ring (bicyclic) bond motifs is 3. The van der Waals surface area contributed by atoms with Crippen LogP contribution >= 0.6 is 0 Å². The number of amides is 2. The van der Waals surface area contributed by atoms with Crippen LogP contribution in [0, 0.1) is 0 Å². The fourth-order valence-electron chi connectivity index (χ4n) is 4.66. The van der Waals surface area contributed by atoms with Crippen LogP contribution in [-0.4, -0.2) is 66.6 Å². The van der Waals surface area contributed by atoms with E-state index in [1.807, 2.05) is 0 Å². The third-order valence-corrected chi connectivity index (χ3v) is 6.59. The summed E-state index contributed by atoms with van der Waals surface area (Å²) >= 11 is 0. The number of carbonyl (C=O) groups excluding carboxylic acids is 2. The highest BCUT2D eigenvalue weighted by molar-refractivity contribution is 6.30. The topological polar surface area (TPSA) is 118 Å². The number of hydrogen-bond acceptors (Lipinski definition) is 7. The maximum atomic E-state index is 13.5. The molecule has 2 N–H and O–H groups in total. The Hall–Kier alpha value is -3.91. The maximum absolute atomic E-state index is 13.5. The quantitative estimate of drug-likeness (QED) is 0.299. The number of nitrogens with zero attached hydrogens (tertiary/aromatic N) is 6. The molecule has 0 radical (unpaired) electrons. The van der Waals surface area contributed by atoms with Crippen molar-refractivity contribution in [2.45, 2.75) is 49.5 Å². The van der Waals surface area contributed by atoms with Crippen molar-refractivity contribution in [3.05, 3.63) is 23.9 Å². The Morgan fingerprint density at radius 3 is 2.61 bits per heavy atom. The lowest BCUT2D eigenvalue weighted by molar-refractivity contribution is -0.285. The summed E-state index contributed by atoms with van der Waals surface area (Å²) in [6.45, 7) is -0.769. The number of rotatable bonds is 6. The largest absolute Gasteiger partial charge is 0.453 e. The van der Waals surface area contributed by atoms with E-state index in [4.69, 9.17) is 0 Å². The number of alkyl halides is 5. The third kappa shape index (κ3) is 2.94. The molecule has 188 valence electrons. The van der Waals surface area contributed by atoms with Gasteiger partial charge in [0.25, 0.3) is 11.8 Å². The number of pyridine rings is 1. The van der Waals surface area contributed by atoms with Crippen LogP contribution in [0.4, 0.5) is 33.6 Å². The molecule has 1 saturated heterocycles. The minimum Gasteiger partial charge on any atom is -0.373 e. The van der Waals surface area contributed by atoms with Gasteiger partial charge in [-0.15, -0.1) is 0 Å². The highest BCUT2D eigenvalue weighted by Gasteiger charge is 2.77. The average Bonchev–Trinajstić information content (AvgIpc) is 3.69. The van der Waals surface area contributed by atoms with Crippen LogP contribution in [0.3, 0.4) is 0 Å². The molecule has 2 fully saturated rings. The fourth-order valence-corrected chi connectivity index (χ4v) is 4.66. The van der Waals surface area contributed by atoms with Crippen molar-refractivity contribution in [1.82, 2.24) is 29.6 Å². The van der Waals surface area contributed by atoms with Crippen LogP contribution in [-0.2, 0) is 21.7 Å². The van der Waals surface area contributed by atoms with Crippen LogP contribution in [0.2, 0.25) is 0 Å². The molecule has 2 aliphatic heterocycles. The Balaban J connectivity index is 1.43. The fraction of sp³-hybridized carbons (Fsp3) is 0.429. The van der Waals surface area contributed by atoms with Crippen LogP contribution in [0.1, 0.15) is 24.8 Å². The van der Waals surface area contributed by atoms with Gasteiger partial charge in [-0.05, 0) is 25.0 Å². The summed E-state index contributed by atoms with van der Waals surface area (Å²) in [6.07, 6.45) is -4.28. The first-order valence-electron chi connectivity index (χ1n) is 11.0. The summed E-state index contributed by atoms with van der Waals surface area (Å²) in [5.41, 5.74) is -1.05. The second-order valence-corrected chi connectivity index (χ2v) is 8.84. The van der Waals surface area contributed by atoms with Gasteiger partial charge in [0.15, 0.2) is 11.5 Å². The number of aromatic nitrogens is 5. The highest BCUT2D eigenvalue weighted by atomic mass is 19.4. The molecular formula is C21H17F5N8O2. The van der Waals surface area contributed by atoms with E-state index in [9.17, 15) is 31.5 Å². The first-order chi connectivity index (χ1) is 17.0. The molecule has 1 spiro atoms. The summed E-state index contributed by atoms with van der Waals surface area (Å²) in [6, 6.07) is 3.08. The molecule has 1 saturated carbocycles. The van der Waals surface area contributed by atoms with Gasteiger partial charge < -0.3 is 15.5 Å². The molecule has 10 nitrogen and oxygen atoms in total. The van der Waals surface area contributed by atoms with Crippen LogP contribution < -0.4 is 10.6 Å². The van der Waals surface area contributed by atoms with Crippen molar-refractivity contribution in [2.75, 3.05) is 17.7 Å². The predicted molar refractivity (Wildman–Crippen MR) is 114 cm³/mol. The number of nitrogens with one attached hydrogen (secondary N) is 2. The van der Waals surface area contributed by atoms with E-state index >= 15 is 0 Å². The van der Waals surface area contributed by atoms with Gasteiger partial charge >= 0.3 is 12.1 Å². The van der Waals surface area contributed by atoms with Gasteiger partial charge in [0.1, 0.15) is 17.3 Å². The molecule has 6 rings (SSSR count). The van der Waals surface area contributed by atoms with Crippen molar-refractivity contribution < 1.29 is 31.5 Å². The zero-order valence-electron chi connectivity index (χ0n) is 18.5. The first kappa shape index (κ1) is 22.5. The van der Waals surface area contributed by atoms with E-state index in [0.29, 0.717) is 10.9 Å². The van der Waals surface area contributed by atoms with Gasteiger partial charge in [-0.25, -0.2) is 19.6 Å². The van der Waals surface area contributed by atoms with E-state index in [2.05, 4.69) is 30.7 Å². The van der Waals surface area contributed by atoms with Gasteiger partial charge in [0.2, 0.25) is 5.54 Å². The van der Waals surface area contributed by atoms with Gasteiger partial charge in [-0.2, -0.15) is 27.1 Å². The van der Waals surface area contributed by atoms with Crippen molar-refractivity contribution in [1.29, 1.82) is 0 Å². The molecule has 3 aliphatic rings. The summed E-state index contributed by atoms with van der Waals surface area (Å²) in [7, 11) is 1.55. The molecule has 1 unspecified atom stereocenters. The van der Waals surface area contributed by atoms with Crippen LogP contribution in [0.15, 0.2) is 18.3 Å². The number of carbonyl (C=O) groups is 2. The lowest BCUT2D eigenvalue weighted by Crippen LogP contribution is -2.37. The van der Waals surface area contributed by atoms with Gasteiger partial charge in [0, 0.05) is 32.3 Å². The van der Waals surface area contributed by atoms with E-state index in [1.54, 1.807) is 19.2 Å². The standard InChI is InChI=1S/C21H17F5N8O2/c1-27-13-11-14(31-17(35)20(11)18(36)34(20)9-4-5-9)30-15(29-13)12-10-3-2-7-28-16(10)33(32-12)8-6-19(22,23)21(24,25)26/h2-3,7,9H,4-6,8H2,1H3,(H2,27,29,30,31,35). The molecule has 2 amide bonds. The molecule has 3 aromatic rings. The van der Waals surface area contributed by atoms with Gasteiger partial charge in [-0.3, -0.25) is 9.59 Å². The van der Waals surface area contributed by atoms with Gasteiger partial charge in [-0.1, -0.05) is 0 Å². The number of anilines is 2. The summed E-state index contributed by atoms with van der Waals surface area (Å²) in [5.74, 6) is -5.52. The lowest BCUT2D eigenvalue weighted by atomic mass is 10.0. The molecule has 1 atom stereocenters. The predicted octanol–water partition coefficient (Wildman–Crippen LogP) is 2.67. The normalized spacial score (nSPS) is 21.3. The molecule has 5 heterocycles. The maximum Gasteiger partial charge on any atom is 0.453 e. The lowest BCUT2D eigenvalue weighted by Gasteiger charge is -2.19. The van der Waals surface area contributed by atoms with E-state index in [-0.39, 0.29) is 40.8 Å². The second-order valence-electron chi connectivity index (χ2n) is 8.84. The minimum atomic E-state index is -5.69. The molecule has 3 aromatic heterocycles. The Morgan fingerprint density at radius 2 is 1.94 bits per heavy atom. The zero-order chi connectivity index (χ0) is 25.6. The Morgan fingerprint density at radius 1 is 1.19 bits per heavy atom. The monoisotopic (exact) mass is 508 g/mol. The van der Waals surface area contributed by atoms with Crippen LogP contribution in [0.5, 0.6) is 0 Å². The summed E-state index contributed by atoms with van der Waals surface area (Å²) < 4.78 is 66.0. The Kier molecular flexibility index (Phi) is 4.43. The van der Waals surface area contributed by atoms with E-state index < -0.39 is 36.5 Å². The Labute approximate surface area is 198 Å². The molecular weight excluding hydrogens is 491 g/mol. The molecule has 15 heteroatoms. The van der Waals surface area contributed by atoms with E-state index in [1.165, 1.54) is 11.1 Å². The van der Waals surface area contributed by atoms with Crippen molar-refractivity contribution in [3.63, 3.8) is 0 Å². The van der Waals surface area contributed by atoms with Crippen molar-refractivity contribution in [2.24, 2.45) is 0 Å². The summed E-state index contributed by atoms with van der Waals surface area (Å²) in [5, 5.41) is 10.0. The minimum absolute atomic E-state index is 0.0147. The number of aryl methyl sites for hydroxylation is 1. The highest BCUT2D eigenvalue weighted by Crippen LogP contribution is 2.58. The number of halogens is 5. The average molecular weight is 508 g/mol. The molecule has 1 aliphatic carbocycles.